The summed E-state index contributed by atoms with van der Waals surface area (Å²) in [7, 11) is 3.46. The molecule has 31 heavy (non-hydrogen) atoms. The summed E-state index contributed by atoms with van der Waals surface area (Å²) in [5.74, 6) is 1.42. The molecule has 1 N–H and O–H groups in total. The van der Waals surface area contributed by atoms with Crippen molar-refractivity contribution in [3.05, 3.63) is 77.2 Å². The Bertz CT molecular complexity index is 1160. The quantitative estimate of drug-likeness (QED) is 0.262. The number of thioether (sulfide) groups is 1. The van der Waals surface area contributed by atoms with Crippen LogP contribution in [-0.4, -0.2) is 27.9 Å². The van der Waals surface area contributed by atoms with Crippen LogP contribution in [0.5, 0.6) is 11.5 Å². The van der Waals surface area contributed by atoms with Gasteiger partial charge in [0.1, 0.15) is 11.5 Å². The maximum atomic E-state index is 13.4. The number of benzene rings is 2. The molecule has 0 aliphatic carbocycles. The summed E-state index contributed by atoms with van der Waals surface area (Å²) in [6.07, 6.45) is 6.04. The van der Waals surface area contributed by atoms with E-state index in [0.717, 1.165) is 22.4 Å². The average Bonchev–Trinajstić information content (AvgIpc) is 2.78. The minimum atomic E-state index is -0.150. The minimum Gasteiger partial charge on any atom is -0.507 e. The summed E-state index contributed by atoms with van der Waals surface area (Å²) < 4.78 is 7.30. The number of nitrogens with zero attached hydrogens (tertiary/aromatic N) is 1. The number of aromatic nitrogens is 1. The Balaban J connectivity index is 2.11. The number of hydrogen-bond acceptors (Lipinski definition) is 4. The summed E-state index contributed by atoms with van der Waals surface area (Å²) in [5.41, 5.74) is 3.12. The number of aromatic hydroxyl groups is 1. The maximum Gasteiger partial charge on any atom is 0.197 e. The molecule has 1 aromatic heterocycles. The highest BCUT2D eigenvalue weighted by atomic mass is 35.5. The van der Waals surface area contributed by atoms with Gasteiger partial charge in [-0.25, -0.2) is 0 Å². The summed E-state index contributed by atoms with van der Waals surface area (Å²) in [5, 5.41) is 10.4. The molecule has 1 heterocycles. The number of halogens is 1. The van der Waals surface area contributed by atoms with Crippen LogP contribution in [0.2, 0.25) is 0 Å². The molecule has 0 fully saturated rings. The molecule has 0 spiro atoms. The van der Waals surface area contributed by atoms with Gasteiger partial charge in [-0.05, 0) is 41.8 Å². The van der Waals surface area contributed by atoms with E-state index in [-0.39, 0.29) is 16.6 Å². The Hall–Kier alpha value is -2.63. The number of methoxy groups -OCH3 is 1. The smallest absolute Gasteiger partial charge is 0.197 e. The highest BCUT2D eigenvalue weighted by Gasteiger charge is 2.16. The van der Waals surface area contributed by atoms with E-state index >= 15 is 0 Å². The maximum absolute atomic E-state index is 13.4. The fourth-order valence-electron chi connectivity index (χ4n) is 3.30. The van der Waals surface area contributed by atoms with Crippen molar-refractivity contribution in [1.82, 2.24) is 4.57 Å². The molecular formula is C25H26ClNO3S. The highest BCUT2D eigenvalue weighted by Crippen LogP contribution is 2.33. The van der Waals surface area contributed by atoms with Crippen LogP contribution in [0.4, 0.5) is 0 Å². The molecule has 1 unspecified atom stereocenters. The molecule has 0 aliphatic rings. The van der Waals surface area contributed by atoms with E-state index in [1.54, 1.807) is 49.5 Å². The standard InChI is InChI=1S/C25H26ClNO3S/c1-5-16-7-8-21(24(28)9-16)23-14-27(3)13-22(25(23)29)17-10-19(30-4)12-20(11-17)31-15-18(26)6-2/h6-14,18,28H,2,5,15H2,1,3-4H3. The monoisotopic (exact) mass is 455 g/mol. The number of allylic oxidation sites excluding steroid dienone is 1. The topological polar surface area (TPSA) is 51.5 Å². The SMILES string of the molecule is C=CC(Cl)CSc1cc(OC)cc(-c2cn(C)cc(-c3ccc(CC)cc3O)c2=O)c1. The van der Waals surface area contributed by atoms with Gasteiger partial charge in [0.25, 0.3) is 0 Å². The number of pyridine rings is 1. The molecule has 162 valence electrons. The van der Waals surface area contributed by atoms with Gasteiger partial charge in [0.15, 0.2) is 5.43 Å². The molecule has 0 radical (unpaired) electrons. The first-order chi connectivity index (χ1) is 14.9. The zero-order valence-corrected chi connectivity index (χ0v) is 19.5. The van der Waals surface area contributed by atoms with Gasteiger partial charge >= 0.3 is 0 Å². The molecular weight excluding hydrogens is 430 g/mol. The Labute approximate surface area is 192 Å². The van der Waals surface area contributed by atoms with E-state index in [4.69, 9.17) is 16.3 Å². The van der Waals surface area contributed by atoms with Gasteiger partial charge < -0.3 is 14.4 Å². The number of phenolic OH excluding ortho intramolecular Hbond substituents is 1. The lowest BCUT2D eigenvalue weighted by Crippen LogP contribution is -2.12. The van der Waals surface area contributed by atoms with Crippen LogP contribution in [0.1, 0.15) is 12.5 Å². The van der Waals surface area contributed by atoms with E-state index in [0.29, 0.717) is 28.2 Å². The van der Waals surface area contributed by atoms with E-state index < -0.39 is 0 Å². The highest BCUT2D eigenvalue weighted by molar-refractivity contribution is 7.99. The van der Waals surface area contributed by atoms with Crippen LogP contribution in [-0.2, 0) is 13.5 Å². The van der Waals surface area contributed by atoms with Crippen LogP contribution >= 0.6 is 23.4 Å². The van der Waals surface area contributed by atoms with Gasteiger partial charge in [-0.1, -0.05) is 25.1 Å². The molecule has 0 bridgehead atoms. The predicted octanol–water partition coefficient (Wildman–Crippen LogP) is 5.88. The summed E-state index contributed by atoms with van der Waals surface area (Å²) in [6.45, 7) is 5.74. The fraction of sp³-hybridized carbons (Fsp3) is 0.240. The van der Waals surface area contributed by atoms with E-state index in [2.05, 4.69) is 6.58 Å². The van der Waals surface area contributed by atoms with Gasteiger partial charge in [0.05, 0.1) is 12.5 Å². The zero-order chi connectivity index (χ0) is 22.5. The molecule has 1 atom stereocenters. The Morgan fingerprint density at radius 2 is 1.94 bits per heavy atom. The fourth-order valence-corrected chi connectivity index (χ4v) is 4.39. The second-order valence-corrected chi connectivity index (χ2v) is 8.90. The van der Waals surface area contributed by atoms with Gasteiger partial charge in [-0.2, -0.15) is 0 Å². The molecule has 2 aromatic carbocycles. The number of aryl methyl sites for hydroxylation is 2. The lowest BCUT2D eigenvalue weighted by molar-refractivity contribution is 0.414. The normalized spacial score (nSPS) is 11.9. The molecule has 3 rings (SSSR count). The van der Waals surface area contributed by atoms with Crippen LogP contribution in [0, 0.1) is 0 Å². The Morgan fingerprint density at radius 3 is 2.58 bits per heavy atom. The largest absolute Gasteiger partial charge is 0.507 e. The average molecular weight is 456 g/mol. The van der Waals surface area contributed by atoms with Gasteiger partial charge in [0.2, 0.25) is 0 Å². The lowest BCUT2D eigenvalue weighted by Gasteiger charge is -2.13. The third-order valence-corrected chi connectivity index (χ3v) is 6.62. The molecule has 3 aromatic rings. The first-order valence-electron chi connectivity index (χ1n) is 9.97. The first kappa shape index (κ1) is 23.0. The van der Waals surface area contributed by atoms with Gasteiger partial charge in [-0.3, -0.25) is 4.79 Å². The number of rotatable bonds is 8. The van der Waals surface area contributed by atoms with Crippen molar-refractivity contribution in [2.75, 3.05) is 12.9 Å². The van der Waals surface area contributed by atoms with Gasteiger partial charge in [-0.15, -0.1) is 29.9 Å². The van der Waals surface area contributed by atoms with Crippen molar-refractivity contribution in [2.45, 2.75) is 23.6 Å². The second-order valence-electron chi connectivity index (χ2n) is 7.25. The van der Waals surface area contributed by atoms with Crippen molar-refractivity contribution >= 4 is 23.4 Å². The molecule has 0 saturated heterocycles. The van der Waals surface area contributed by atoms with Crippen molar-refractivity contribution in [2.24, 2.45) is 7.05 Å². The minimum absolute atomic E-state index is 0.105. The summed E-state index contributed by atoms with van der Waals surface area (Å²) in [6, 6.07) is 11.2. The molecule has 4 nitrogen and oxygen atoms in total. The van der Waals surface area contributed by atoms with E-state index in [1.807, 2.05) is 42.8 Å². The molecule has 0 aliphatic heterocycles. The number of phenols is 1. The second kappa shape index (κ2) is 10.1. The van der Waals surface area contributed by atoms with Crippen molar-refractivity contribution in [1.29, 1.82) is 0 Å². The molecule has 6 heteroatoms. The summed E-state index contributed by atoms with van der Waals surface area (Å²) in [4.78, 5) is 14.4. The number of ether oxygens (including phenoxy) is 1. The first-order valence-corrected chi connectivity index (χ1v) is 11.4. The van der Waals surface area contributed by atoms with Crippen molar-refractivity contribution < 1.29 is 9.84 Å². The van der Waals surface area contributed by atoms with E-state index in [1.165, 1.54) is 0 Å². The zero-order valence-electron chi connectivity index (χ0n) is 17.9. The predicted molar refractivity (Wildman–Crippen MR) is 131 cm³/mol. The molecule has 0 saturated carbocycles. The lowest BCUT2D eigenvalue weighted by atomic mass is 9.98. The summed E-state index contributed by atoms with van der Waals surface area (Å²) >= 11 is 7.75. The Kier molecular flexibility index (Phi) is 7.52. The molecule has 0 amide bonds. The van der Waals surface area contributed by atoms with E-state index in [9.17, 15) is 9.90 Å². The third-order valence-electron chi connectivity index (χ3n) is 5.01. The van der Waals surface area contributed by atoms with Crippen LogP contribution in [0.15, 0.2) is 71.1 Å². The van der Waals surface area contributed by atoms with Crippen LogP contribution in [0.3, 0.4) is 0 Å². The van der Waals surface area contributed by atoms with Crippen molar-refractivity contribution in [3.8, 4) is 33.8 Å². The van der Waals surface area contributed by atoms with Crippen LogP contribution < -0.4 is 10.2 Å². The number of alkyl halides is 1. The Morgan fingerprint density at radius 1 is 1.19 bits per heavy atom. The van der Waals surface area contributed by atoms with Crippen molar-refractivity contribution in [3.63, 3.8) is 0 Å². The third kappa shape index (κ3) is 5.35. The van der Waals surface area contributed by atoms with Crippen LogP contribution in [0.25, 0.3) is 22.3 Å². The van der Waals surface area contributed by atoms with Gasteiger partial charge in [0, 0.05) is 46.8 Å². The number of hydrogen-bond donors (Lipinski definition) is 1.